The first kappa shape index (κ1) is 12.1. The normalized spacial score (nSPS) is 23.9. The SMILES string of the molecule is Nc1cc(F)c(NCC2(O)CCOC2)c(F)c1. The summed E-state index contributed by atoms with van der Waals surface area (Å²) >= 11 is 0. The Morgan fingerprint density at radius 2 is 2.06 bits per heavy atom. The summed E-state index contributed by atoms with van der Waals surface area (Å²) in [6, 6.07) is 2.06. The Bertz CT molecular complexity index is 397. The van der Waals surface area contributed by atoms with Gasteiger partial charge in [0.1, 0.15) is 11.3 Å². The zero-order chi connectivity index (χ0) is 12.5. The van der Waals surface area contributed by atoms with Gasteiger partial charge in [-0.25, -0.2) is 8.78 Å². The number of nitrogen functional groups attached to an aromatic ring is 1. The van der Waals surface area contributed by atoms with Gasteiger partial charge in [0.25, 0.3) is 0 Å². The third-order valence-electron chi connectivity index (χ3n) is 2.74. The van der Waals surface area contributed by atoms with Crippen LogP contribution < -0.4 is 11.1 Å². The monoisotopic (exact) mass is 244 g/mol. The van der Waals surface area contributed by atoms with Crippen LogP contribution in [-0.4, -0.2) is 30.5 Å². The summed E-state index contributed by atoms with van der Waals surface area (Å²) in [6.45, 7) is 0.647. The molecular weight excluding hydrogens is 230 g/mol. The molecule has 1 saturated heterocycles. The molecule has 1 atom stereocenters. The van der Waals surface area contributed by atoms with E-state index in [1.165, 1.54) is 0 Å². The number of hydrogen-bond acceptors (Lipinski definition) is 4. The molecule has 0 bridgehead atoms. The van der Waals surface area contributed by atoms with Crippen molar-refractivity contribution in [2.45, 2.75) is 12.0 Å². The fraction of sp³-hybridized carbons (Fsp3) is 0.455. The minimum absolute atomic E-state index is 0.0217. The van der Waals surface area contributed by atoms with E-state index in [4.69, 9.17) is 10.5 Å². The standard InChI is InChI=1S/C11H14F2N2O2/c12-8-3-7(14)4-9(13)10(8)15-5-11(16)1-2-17-6-11/h3-4,15-16H,1-2,5-6,14H2. The molecule has 1 fully saturated rings. The molecule has 4 N–H and O–H groups in total. The summed E-state index contributed by atoms with van der Waals surface area (Å²) in [4.78, 5) is 0. The molecule has 17 heavy (non-hydrogen) atoms. The number of anilines is 2. The van der Waals surface area contributed by atoms with Crippen LogP contribution in [0.15, 0.2) is 12.1 Å². The molecule has 1 aliphatic rings. The molecule has 0 radical (unpaired) electrons. The molecule has 1 aliphatic heterocycles. The van der Waals surface area contributed by atoms with E-state index < -0.39 is 17.2 Å². The third-order valence-corrected chi connectivity index (χ3v) is 2.74. The van der Waals surface area contributed by atoms with E-state index in [1.54, 1.807) is 0 Å². The van der Waals surface area contributed by atoms with Crippen LogP contribution in [0.1, 0.15) is 6.42 Å². The van der Waals surface area contributed by atoms with Gasteiger partial charge in [-0.2, -0.15) is 0 Å². The van der Waals surface area contributed by atoms with Crippen LogP contribution >= 0.6 is 0 Å². The van der Waals surface area contributed by atoms with Crippen molar-refractivity contribution in [3.8, 4) is 0 Å². The summed E-state index contributed by atoms with van der Waals surface area (Å²) < 4.78 is 31.9. The molecule has 4 nitrogen and oxygen atoms in total. The maximum Gasteiger partial charge on any atom is 0.151 e. The molecule has 0 amide bonds. The van der Waals surface area contributed by atoms with Gasteiger partial charge < -0.3 is 20.9 Å². The molecule has 0 spiro atoms. The van der Waals surface area contributed by atoms with Crippen LogP contribution in [0.3, 0.4) is 0 Å². The first-order valence-electron chi connectivity index (χ1n) is 5.29. The Morgan fingerprint density at radius 3 is 2.59 bits per heavy atom. The van der Waals surface area contributed by atoms with Gasteiger partial charge in [-0.1, -0.05) is 0 Å². The van der Waals surface area contributed by atoms with E-state index in [0.717, 1.165) is 12.1 Å². The fourth-order valence-electron chi connectivity index (χ4n) is 1.75. The van der Waals surface area contributed by atoms with Gasteiger partial charge in [-0.15, -0.1) is 0 Å². The Labute approximate surface area is 97.4 Å². The van der Waals surface area contributed by atoms with Crippen LogP contribution in [0, 0.1) is 11.6 Å². The second-order valence-electron chi connectivity index (χ2n) is 4.24. The van der Waals surface area contributed by atoms with Crippen molar-refractivity contribution in [2.24, 2.45) is 0 Å². The summed E-state index contributed by atoms with van der Waals surface area (Å²) in [7, 11) is 0. The summed E-state index contributed by atoms with van der Waals surface area (Å²) in [5.41, 5.74) is 3.97. The van der Waals surface area contributed by atoms with Crippen LogP contribution in [0.25, 0.3) is 0 Å². The number of nitrogens with one attached hydrogen (secondary N) is 1. The van der Waals surface area contributed by atoms with Crippen molar-refractivity contribution in [3.63, 3.8) is 0 Å². The van der Waals surface area contributed by atoms with Crippen molar-refractivity contribution in [3.05, 3.63) is 23.8 Å². The minimum atomic E-state index is -1.07. The van der Waals surface area contributed by atoms with Gasteiger partial charge in [0.15, 0.2) is 11.6 Å². The highest BCUT2D eigenvalue weighted by Crippen LogP contribution is 2.24. The number of nitrogens with two attached hydrogens (primary N) is 1. The zero-order valence-electron chi connectivity index (χ0n) is 9.17. The van der Waals surface area contributed by atoms with Crippen molar-refractivity contribution in [1.82, 2.24) is 0 Å². The Balaban J connectivity index is 2.08. The molecule has 6 heteroatoms. The molecule has 0 saturated carbocycles. The molecule has 0 aliphatic carbocycles. The topological polar surface area (TPSA) is 67.5 Å². The van der Waals surface area contributed by atoms with Gasteiger partial charge >= 0.3 is 0 Å². The van der Waals surface area contributed by atoms with Crippen molar-refractivity contribution >= 4 is 11.4 Å². The maximum absolute atomic E-state index is 13.4. The highest BCUT2D eigenvalue weighted by atomic mass is 19.1. The van der Waals surface area contributed by atoms with E-state index in [1.807, 2.05) is 0 Å². The van der Waals surface area contributed by atoms with Gasteiger partial charge in [0, 0.05) is 25.3 Å². The van der Waals surface area contributed by atoms with Crippen LogP contribution in [-0.2, 0) is 4.74 Å². The first-order valence-corrected chi connectivity index (χ1v) is 5.29. The summed E-state index contributed by atoms with van der Waals surface area (Å²) in [5.74, 6) is -1.55. The third kappa shape index (κ3) is 2.65. The van der Waals surface area contributed by atoms with E-state index in [2.05, 4.69) is 5.32 Å². The van der Waals surface area contributed by atoms with Crippen LogP contribution in [0.2, 0.25) is 0 Å². The average molecular weight is 244 g/mol. The molecule has 1 heterocycles. The molecular formula is C11H14F2N2O2. The number of aliphatic hydroxyl groups is 1. The number of rotatable bonds is 3. The van der Waals surface area contributed by atoms with E-state index in [9.17, 15) is 13.9 Å². The summed E-state index contributed by atoms with van der Waals surface area (Å²) in [5, 5.41) is 12.5. The highest BCUT2D eigenvalue weighted by molar-refractivity contribution is 5.54. The van der Waals surface area contributed by atoms with Crippen LogP contribution in [0.4, 0.5) is 20.2 Å². The Kier molecular flexibility index (Phi) is 3.17. The Morgan fingerprint density at radius 1 is 1.41 bits per heavy atom. The van der Waals surface area contributed by atoms with Gasteiger partial charge in [0.2, 0.25) is 0 Å². The molecule has 0 aromatic heterocycles. The lowest BCUT2D eigenvalue weighted by molar-refractivity contribution is 0.0381. The molecule has 1 unspecified atom stereocenters. The van der Waals surface area contributed by atoms with Crippen molar-refractivity contribution in [2.75, 3.05) is 30.8 Å². The summed E-state index contributed by atoms with van der Waals surface area (Å²) in [6.07, 6.45) is 0.443. The molecule has 94 valence electrons. The molecule has 2 rings (SSSR count). The maximum atomic E-state index is 13.4. The van der Waals surface area contributed by atoms with Gasteiger partial charge in [-0.05, 0) is 12.1 Å². The highest BCUT2D eigenvalue weighted by Gasteiger charge is 2.32. The average Bonchev–Trinajstić information content (AvgIpc) is 2.64. The largest absolute Gasteiger partial charge is 0.399 e. The minimum Gasteiger partial charge on any atom is -0.399 e. The molecule has 1 aromatic carbocycles. The number of benzene rings is 1. The second kappa shape index (κ2) is 4.46. The number of ether oxygens (including phenoxy) is 1. The second-order valence-corrected chi connectivity index (χ2v) is 4.24. The lowest BCUT2D eigenvalue weighted by Gasteiger charge is -2.21. The van der Waals surface area contributed by atoms with Crippen molar-refractivity contribution < 1.29 is 18.6 Å². The number of halogens is 2. The predicted octanol–water partition coefficient (Wildman–Crippen LogP) is 1.11. The first-order chi connectivity index (χ1) is 8.00. The van der Waals surface area contributed by atoms with E-state index >= 15 is 0 Å². The quantitative estimate of drug-likeness (QED) is 0.697. The van der Waals surface area contributed by atoms with Crippen LogP contribution in [0.5, 0.6) is 0 Å². The lowest BCUT2D eigenvalue weighted by Crippen LogP contribution is -2.37. The lowest BCUT2D eigenvalue weighted by atomic mass is 10.0. The smallest absolute Gasteiger partial charge is 0.151 e. The van der Waals surface area contributed by atoms with E-state index in [0.29, 0.717) is 13.0 Å². The Hall–Kier alpha value is -1.40. The zero-order valence-corrected chi connectivity index (χ0v) is 9.17. The van der Waals surface area contributed by atoms with Gasteiger partial charge in [-0.3, -0.25) is 0 Å². The fourth-order valence-corrected chi connectivity index (χ4v) is 1.75. The van der Waals surface area contributed by atoms with Crippen molar-refractivity contribution in [1.29, 1.82) is 0 Å². The van der Waals surface area contributed by atoms with Gasteiger partial charge in [0.05, 0.1) is 6.61 Å². The van der Waals surface area contributed by atoms with E-state index in [-0.39, 0.29) is 24.5 Å². The predicted molar refractivity (Wildman–Crippen MR) is 59.6 cm³/mol. The molecule has 1 aromatic rings. The number of hydrogen-bond donors (Lipinski definition) is 3.